The van der Waals surface area contributed by atoms with Crippen LogP contribution in [0, 0.1) is 13.8 Å². The molecular formula is C22H24N4O. The second kappa shape index (κ2) is 7.35. The van der Waals surface area contributed by atoms with Crippen LogP contribution in [0.25, 0.3) is 10.9 Å². The Kier molecular flexibility index (Phi) is 4.75. The minimum absolute atomic E-state index is 0.0472. The largest absolute Gasteiger partial charge is 0.357 e. The molecule has 3 aromatic rings. The summed E-state index contributed by atoms with van der Waals surface area (Å²) in [7, 11) is 0. The second-order valence-corrected chi connectivity index (χ2v) is 7.14. The van der Waals surface area contributed by atoms with Gasteiger partial charge >= 0.3 is 0 Å². The SMILES string of the molecule is Cc1nc2ccccc2c(C)c1CC(=O)Nc1ccc(N2CCCC2)nc1. The van der Waals surface area contributed by atoms with Crippen LogP contribution in [0.1, 0.15) is 29.7 Å². The number of nitrogens with zero attached hydrogens (tertiary/aromatic N) is 3. The zero-order valence-electron chi connectivity index (χ0n) is 15.8. The van der Waals surface area contributed by atoms with E-state index >= 15 is 0 Å². The highest BCUT2D eigenvalue weighted by molar-refractivity contribution is 5.94. The van der Waals surface area contributed by atoms with Gasteiger partial charge in [-0.25, -0.2) is 4.98 Å². The number of carbonyl (C=O) groups is 1. The van der Waals surface area contributed by atoms with Crippen molar-refractivity contribution in [3.63, 3.8) is 0 Å². The van der Waals surface area contributed by atoms with Gasteiger partial charge in [0.25, 0.3) is 0 Å². The van der Waals surface area contributed by atoms with Crippen molar-refractivity contribution in [2.24, 2.45) is 0 Å². The molecule has 138 valence electrons. The molecule has 0 bridgehead atoms. The summed E-state index contributed by atoms with van der Waals surface area (Å²) in [5.74, 6) is 0.935. The van der Waals surface area contributed by atoms with Crippen molar-refractivity contribution in [2.45, 2.75) is 33.1 Å². The molecule has 0 saturated carbocycles. The van der Waals surface area contributed by atoms with Crippen LogP contribution in [0.2, 0.25) is 0 Å². The number of aromatic nitrogens is 2. The fraction of sp³-hybridized carbons (Fsp3) is 0.318. The molecular weight excluding hydrogens is 336 g/mol. The standard InChI is InChI=1S/C22H24N4O/c1-15-18-7-3-4-8-20(18)24-16(2)19(15)13-22(27)25-17-9-10-21(23-14-17)26-11-5-6-12-26/h3-4,7-10,14H,5-6,11-13H2,1-2H3,(H,25,27). The Labute approximate surface area is 159 Å². The zero-order chi connectivity index (χ0) is 18.8. The molecule has 27 heavy (non-hydrogen) atoms. The van der Waals surface area contributed by atoms with E-state index in [4.69, 9.17) is 0 Å². The molecule has 0 spiro atoms. The number of anilines is 2. The monoisotopic (exact) mass is 360 g/mol. The summed E-state index contributed by atoms with van der Waals surface area (Å²) in [5.41, 5.74) is 4.72. The Morgan fingerprint density at radius 2 is 1.89 bits per heavy atom. The fourth-order valence-electron chi connectivity index (χ4n) is 3.79. The fourth-order valence-corrected chi connectivity index (χ4v) is 3.79. The van der Waals surface area contributed by atoms with Gasteiger partial charge < -0.3 is 10.2 Å². The first-order valence-corrected chi connectivity index (χ1v) is 9.47. The van der Waals surface area contributed by atoms with Crippen LogP contribution >= 0.6 is 0 Å². The molecule has 3 heterocycles. The molecule has 1 aliphatic heterocycles. The van der Waals surface area contributed by atoms with Crippen molar-refractivity contribution in [3.05, 3.63) is 59.4 Å². The third kappa shape index (κ3) is 3.63. The number of nitrogens with one attached hydrogen (secondary N) is 1. The molecule has 1 aromatic carbocycles. The van der Waals surface area contributed by atoms with E-state index in [2.05, 4.69) is 33.2 Å². The molecule has 1 amide bonds. The number of aryl methyl sites for hydroxylation is 2. The van der Waals surface area contributed by atoms with Crippen molar-refractivity contribution in [1.82, 2.24) is 9.97 Å². The number of amides is 1. The molecule has 1 aliphatic rings. The van der Waals surface area contributed by atoms with Gasteiger partial charge in [-0.05, 0) is 56.0 Å². The number of hydrogen-bond acceptors (Lipinski definition) is 4. The van der Waals surface area contributed by atoms with E-state index in [1.807, 2.05) is 37.3 Å². The Morgan fingerprint density at radius 1 is 1.11 bits per heavy atom. The normalized spacial score (nSPS) is 13.9. The number of fused-ring (bicyclic) bond motifs is 1. The zero-order valence-corrected chi connectivity index (χ0v) is 15.8. The third-order valence-corrected chi connectivity index (χ3v) is 5.28. The predicted octanol–water partition coefficient (Wildman–Crippen LogP) is 4.03. The van der Waals surface area contributed by atoms with Gasteiger partial charge in [-0.15, -0.1) is 0 Å². The summed E-state index contributed by atoms with van der Waals surface area (Å²) >= 11 is 0. The van der Waals surface area contributed by atoms with Gasteiger partial charge in [0.05, 0.1) is 23.8 Å². The molecule has 1 saturated heterocycles. The van der Waals surface area contributed by atoms with Crippen LogP contribution in [-0.2, 0) is 11.2 Å². The van der Waals surface area contributed by atoms with Gasteiger partial charge in [0.15, 0.2) is 0 Å². The van der Waals surface area contributed by atoms with E-state index in [-0.39, 0.29) is 5.91 Å². The molecule has 0 radical (unpaired) electrons. The van der Waals surface area contributed by atoms with Crippen LogP contribution < -0.4 is 10.2 Å². The van der Waals surface area contributed by atoms with E-state index in [1.165, 1.54) is 12.8 Å². The van der Waals surface area contributed by atoms with Crippen molar-refractivity contribution in [3.8, 4) is 0 Å². The first-order valence-electron chi connectivity index (χ1n) is 9.47. The number of hydrogen-bond donors (Lipinski definition) is 1. The van der Waals surface area contributed by atoms with Crippen molar-refractivity contribution < 1.29 is 4.79 Å². The topological polar surface area (TPSA) is 58.1 Å². The maximum absolute atomic E-state index is 12.6. The number of rotatable bonds is 4. The van der Waals surface area contributed by atoms with E-state index in [9.17, 15) is 4.79 Å². The first kappa shape index (κ1) is 17.5. The number of para-hydroxylation sites is 1. The van der Waals surface area contributed by atoms with E-state index in [0.717, 1.165) is 52.3 Å². The molecule has 0 aliphatic carbocycles. The van der Waals surface area contributed by atoms with Crippen molar-refractivity contribution in [2.75, 3.05) is 23.3 Å². The lowest BCUT2D eigenvalue weighted by Crippen LogP contribution is -2.19. The highest BCUT2D eigenvalue weighted by Crippen LogP contribution is 2.23. The van der Waals surface area contributed by atoms with E-state index in [0.29, 0.717) is 6.42 Å². The molecule has 0 atom stereocenters. The maximum atomic E-state index is 12.6. The average Bonchev–Trinajstić information content (AvgIpc) is 3.20. The molecule has 2 aromatic heterocycles. The number of benzene rings is 1. The van der Waals surface area contributed by atoms with Gasteiger partial charge in [0, 0.05) is 24.2 Å². The molecule has 0 unspecified atom stereocenters. The molecule has 5 heteroatoms. The van der Waals surface area contributed by atoms with Gasteiger partial charge in [0.2, 0.25) is 5.91 Å². The predicted molar refractivity (Wildman–Crippen MR) is 109 cm³/mol. The lowest BCUT2D eigenvalue weighted by atomic mass is 9.99. The Morgan fingerprint density at radius 3 is 2.63 bits per heavy atom. The van der Waals surface area contributed by atoms with Crippen LogP contribution in [-0.4, -0.2) is 29.0 Å². The summed E-state index contributed by atoms with van der Waals surface area (Å²) in [6.07, 6.45) is 4.49. The molecule has 1 N–H and O–H groups in total. The highest BCUT2D eigenvalue weighted by Gasteiger charge is 2.15. The average molecular weight is 360 g/mol. The van der Waals surface area contributed by atoms with Crippen molar-refractivity contribution in [1.29, 1.82) is 0 Å². The van der Waals surface area contributed by atoms with E-state index in [1.54, 1.807) is 6.20 Å². The lowest BCUT2D eigenvalue weighted by molar-refractivity contribution is -0.115. The Bertz CT molecular complexity index is 976. The molecule has 5 nitrogen and oxygen atoms in total. The summed E-state index contributed by atoms with van der Waals surface area (Å²) in [4.78, 5) is 24.0. The molecule has 1 fully saturated rings. The Balaban J connectivity index is 1.48. The van der Waals surface area contributed by atoms with Crippen LogP contribution in [0.3, 0.4) is 0 Å². The van der Waals surface area contributed by atoms with Crippen LogP contribution in [0.4, 0.5) is 11.5 Å². The highest BCUT2D eigenvalue weighted by atomic mass is 16.1. The minimum Gasteiger partial charge on any atom is -0.357 e. The van der Waals surface area contributed by atoms with Gasteiger partial charge in [-0.1, -0.05) is 18.2 Å². The van der Waals surface area contributed by atoms with Crippen LogP contribution in [0.15, 0.2) is 42.6 Å². The van der Waals surface area contributed by atoms with Crippen molar-refractivity contribution >= 4 is 28.3 Å². The first-order chi connectivity index (χ1) is 13.1. The molecule has 4 rings (SSSR count). The summed E-state index contributed by atoms with van der Waals surface area (Å²) in [6, 6.07) is 12.0. The van der Waals surface area contributed by atoms with Gasteiger partial charge in [-0.2, -0.15) is 0 Å². The number of pyridine rings is 2. The third-order valence-electron chi connectivity index (χ3n) is 5.28. The maximum Gasteiger partial charge on any atom is 0.228 e. The van der Waals surface area contributed by atoms with Gasteiger partial charge in [-0.3, -0.25) is 9.78 Å². The van der Waals surface area contributed by atoms with E-state index < -0.39 is 0 Å². The second-order valence-electron chi connectivity index (χ2n) is 7.14. The number of carbonyl (C=O) groups excluding carboxylic acids is 1. The minimum atomic E-state index is -0.0472. The summed E-state index contributed by atoms with van der Waals surface area (Å²) in [6.45, 7) is 6.15. The quantitative estimate of drug-likeness (QED) is 0.763. The summed E-state index contributed by atoms with van der Waals surface area (Å²) in [5, 5.41) is 4.06. The summed E-state index contributed by atoms with van der Waals surface area (Å²) < 4.78 is 0. The Hall–Kier alpha value is -2.95. The van der Waals surface area contributed by atoms with Gasteiger partial charge in [0.1, 0.15) is 5.82 Å². The smallest absolute Gasteiger partial charge is 0.228 e. The van der Waals surface area contributed by atoms with Crippen LogP contribution in [0.5, 0.6) is 0 Å². The lowest BCUT2D eigenvalue weighted by Gasteiger charge is -2.16.